The topological polar surface area (TPSA) is 94.6 Å². The standard InChI is InChI=1S/C12H21N7OS/c1-4-5-13-6-7-19-12(15-17-18-19)21-8-10-14-11(9(2)3)20-16-10/h9,13H,4-8H2,1-3H3. The Hall–Kier alpha value is -1.48. The van der Waals surface area contributed by atoms with Crippen molar-refractivity contribution in [3.63, 3.8) is 0 Å². The lowest BCUT2D eigenvalue weighted by atomic mass is 10.2. The van der Waals surface area contributed by atoms with Gasteiger partial charge in [0.2, 0.25) is 11.0 Å². The van der Waals surface area contributed by atoms with Gasteiger partial charge in [0.1, 0.15) is 0 Å². The summed E-state index contributed by atoms with van der Waals surface area (Å²) < 4.78 is 6.96. The highest BCUT2D eigenvalue weighted by Gasteiger charge is 2.12. The number of nitrogens with zero attached hydrogens (tertiary/aromatic N) is 6. The molecule has 0 aromatic carbocycles. The molecule has 0 atom stereocenters. The highest BCUT2D eigenvalue weighted by Crippen LogP contribution is 2.19. The molecule has 0 amide bonds. The van der Waals surface area contributed by atoms with Crippen LogP contribution in [0.4, 0.5) is 0 Å². The Morgan fingerprint density at radius 1 is 1.33 bits per heavy atom. The van der Waals surface area contributed by atoms with Crippen LogP contribution in [0.1, 0.15) is 44.8 Å². The molecule has 0 unspecified atom stereocenters. The molecule has 0 spiro atoms. The summed E-state index contributed by atoms with van der Waals surface area (Å²) in [7, 11) is 0. The lowest BCUT2D eigenvalue weighted by Crippen LogP contribution is -2.21. The molecule has 116 valence electrons. The van der Waals surface area contributed by atoms with Gasteiger partial charge in [0, 0.05) is 12.5 Å². The lowest BCUT2D eigenvalue weighted by Gasteiger charge is -2.04. The van der Waals surface area contributed by atoms with Gasteiger partial charge in [0.05, 0.1) is 12.3 Å². The minimum atomic E-state index is 0.242. The molecule has 2 heterocycles. The van der Waals surface area contributed by atoms with E-state index >= 15 is 0 Å². The van der Waals surface area contributed by atoms with E-state index in [9.17, 15) is 0 Å². The first-order valence-electron chi connectivity index (χ1n) is 7.12. The smallest absolute Gasteiger partial charge is 0.229 e. The Morgan fingerprint density at radius 3 is 2.90 bits per heavy atom. The Labute approximate surface area is 128 Å². The van der Waals surface area contributed by atoms with Gasteiger partial charge in [0.15, 0.2) is 5.82 Å². The second kappa shape index (κ2) is 8.08. The average molecular weight is 311 g/mol. The molecule has 2 aromatic rings. The number of hydrogen-bond acceptors (Lipinski definition) is 8. The van der Waals surface area contributed by atoms with E-state index < -0.39 is 0 Å². The monoisotopic (exact) mass is 311 g/mol. The summed E-state index contributed by atoms with van der Waals surface area (Å²) in [5.41, 5.74) is 0. The van der Waals surface area contributed by atoms with Crippen LogP contribution < -0.4 is 5.32 Å². The minimum absolute atomic E-state index is 0.242. The number of tetrazole rings is 1. The van der Waals surface area contributed by atoms with Gasteiger partial charge in [-0.1, -0.05) is 37.7 Å². The first-order valence-corrected chi connectivity index (χ1v) is 8.11. The third kappa shape index (κ3) is 4.78. The molecule has 0 aliphatic heterocycles. The van der Waals surface area contributed by atoms with Gasteiger partial charge < -0.3 is 9.84 Å². The van der Waals surface area contributed by atoms with Gasteiger partial charge in [-0.3, -0.25) is 0 Å². The van der Waals surface area contributed by atoms with E-state index in [1.54, 1.807) is 4.68 Å². The van der Waals surface area contributed by atoms with Gasteiger partial charge >= 0.3 is 0 Å². The van der Waals surface area contributed by atoms with E-state index in [4.69, 9.17) is 4.52 Å². The molecule has 0 saturated heterocycles. The molecule has 21 heavy (non-hydrogen) atoms. The van der Waals surface area contributed by atoms with E-state index in [1.807, 2.05) is 13.8 Å². The molecule has 0 radical (unpaired) electrons. The van der Waals surface area contributed by atoms with Gasteiger partial charge in [0.25, 0.3) is 0 Å². The molecule has 0 bridgehead atoms. The number of nitrogens with one attached hydrogen (secondary N) is 1. The highest BCUT2D eigenvalue weighted by molar-refractivity contribution is 7.98. The largest absolute Gasteiger partial charge is 0.339 e. The quantitative estimate of drug-likeness (QED) is 0.549. The lowest BCUT2D eigenvalue weighted by molar-refractivity contribution is 0.362. The van der Waals surface area contributed by atoms with Crippen LogP contribution in [0, 0.1) is 0 Å². The summed E-state index contributed by atoms with van der Waals surface area (Å²) in [6, 6.07) is 0. The highest BCUT2D eigenvalue weighted by atomic mass is 32.2. The van der Waals surface area contributed by atoms with Gasteiger partial charge in [-0.25, -0.2) is 4.68 Å². The summed E-state index contributed by atoms with van der Waals surface area (Å²) >= 11 is 1.51. The molecule has 9 heteroatoms. The molecular weight excluding hydrogens is 290 g/mol. The van der Waals surface area contributed by atoms with Gasteiger partial charge in [-0.05, 0) is 23.4 Å². The predicted molar refractivity (Wildman–Crippen MR) is 78.9 cm³/mol. The molecule has 2 aromatic heterocycles. The predicted octanol–water partition coefficient (Wildman–Crippen LogP) is 1.47. The molecule has 0 saturated carbocycles. The van der Waals surface area contributed by atoms with E-state index in [1.165, 1.54) is 11.8 Å². The molecule has 0 aliphatic carbocycles. The molecule has 1 N–H and O–H groups in total. The van der Waals surface area contributed by atoms with Crippen LogP contribution in [0.5, 0.6) is 0 Å². The third-order valence-electron chi connectivity index (χ3n) is 2.73. The maximum atomic E-state index is 5.18. The van der Waals surface area contributed by atoms with Crippen molar-refractivity contribution in [3.8, 4) is 0 Å². The van der Waals surface area contributed by atoms with Crippen molar-refractivity contribution >= 4 is 11.8 Å². The first kappa shape index (κ1) is 15.9. The Bertz CT molecular complexity index is 539. The zero-order chi connectivity index (χ0) is 15.1. The Balaban J connectivity index is 1.83. The number of aromatic nitrogens is 6. The fourth-order valence-corrected chi connectivity index (χ4v) is 2.36. The fourth-order valence-electron chi connectivity index (χ4n) is 1.62. The summed E-state index contributed by atoms with van der Waals surface area (Å²) in [5, 5.41) is 19.8. The number of hydrogen-bond donors (Lipinski definition) is 1. The van der Waals surface area contributed by atoms with Crippen LogP contribution in [-0.4, -0.2) is 43.4 Å². The molecular formula is C12H21N7OS. The maximum Gasteiger partial charge on any atom is 0.229 e. The van der Waals surface area contributed by atoms with Crippen LogP contribution in [0.3, 0.4) is 0 Å². The molecule has 0 fully saturated rings. The second-order valence-electron chi connectivity index (χ2n) is 4.93. The summed E-state index contributed by atoms with van der Waals surface area (Å²) in [5.74, 6) is 2.17. The molecule has 0 aliphatic rings. The van der Waals surface area contributed by atoms with Crippen LogP contribution in [0.25, 0.3) is 0 Å². The third-order valence-corrected chi connectivity index (χ3v) is 3.69. The van der Waals surface area contributed by atoms with Gasteiger partial charge in [-0.15, -0.1) is 5.10 Å². The van der Waals surface area contributed by atoms with Crippen molar-refractivity contribution in [3.05, 3.63) is 11.7 Å². The van der Waals surface area contributed by atoms with Crippen molar-refractivity contribution in [2.75, 3.05) is 13.1 Å². The normalized spacial score (nSPS) is 11.4. The number of rotatable bonds is 9. The van der Waals surface area contributed by atoms with Crippen molar-refractivity contribution in [2.45, 2.75) is 50.6 Å². The van der Waals surface area contributed by atoms with E-state index in [0.717, 1.165) is 31.2 Å². The SMILES string of the molecule is CCCNCCn1nnnc1SCc1noc(C(C)C)n1. The van der Waals surface area contributed by atoms with E-state index in [0.29, 0.717) is 17.5 Å². The van der Waals surface area contributed by atoms with Crippen LogP contribution in [-0.2, 0) is 12.3 Å². The first-order chi connectivity index (χ1) is 10.2. The van der Waals surface area contributed by atoms with Crippen molar-refractivity contribution in [1.29, 1.82) is 0 Å². The van der Waals surface area contributed by atoms with Crippen molar-refractivity contribution in [1.82, 2.24) is 35.7 Å². The molecule has 2 rings (SSSR count). The number of thioether (sulfide) groups is 1. The van der Waals surface area contributed by atoms with Crippen molar-refractivity contribution < 1.29 is 4.52 Å². The zero-order valence-corrected chi connectivity index (χ0v) is 13.4. The average Bonchev–Trinajstić information content (AvgIpc) is 3.10. The summed E-state index contributed by atoms with van der Waals surface area (Å²) in [6.07, 6.45) is 1.12. The Morgan fingerprint density at radius 2 is 2.19 bits per heavy atom. The maximum absolute atomic E-state index is 5.18. The van der Waals surface area contributed by atoms with Crippen LogP contribution >= 0.6 is 11.8 Å². The minimum Gasteiger partial charge on any atom is -0.339 e. The Kier molecular flexibility index (Phi) is 6.12. The van der Waals surface area contributed by atoms with Crippen LogP contribution in [0.15, 0.2) is 9.68 Å². The second-order valence-corrected chi connectivity index (χ2v) is 5.87. The summed E-state index contributed by atoms with van der Waals surface area (Å²) in [4.78, 5) is 4.34. The summed E-state index contributed by atoms with van der Waals surface area (Å²) in [6.45, 7) is 8.79. The van der Waals surface area contributed by atoms with Gasteiger partial charge in [-0.2, -0.15) is 4.98 Å². The van der Waals surface area contributed by atoms with Crippen LogP contribution in [0.2, 0.25) is 0 Å². The zero-order valence-electron chi connectivity index (χ0n) is 12.6. The van der Waals surface area contributed by atoms with E-state index in [2.05, 4.69) is 37.9 Å². The fraction of sp³-hybridized carbons (Fsp3) is 0.750. The molecule has 8 nitrogen and oxygen atoms in total. The van der Waals surface area contributed by atoms with Crippen molar-refractivity contribution in [2.24, 2.45) is 0 Å². The van der Waals surface area contributed by atoms with E-state index in [-0.39, 0.29) is 5.92 Å².